The van der Waals surface area contributed by atoms with Crippen molar-refractivity contribution in [1.29, 1.82) is 5.26 Å². The lowest BCUT2D eigenvalue weighted by atomic mass is 9.84. The zero-order valence-corrected chi connectivity index (χ0v) is 8.98. The third-order valence-corrected chi connectivity index (χ3v) is 2.35. The maximum atomic E-state index is 10.7. The lowest BCUT2D eigenvalue weighted by molar-refractivity contribution is 0.0697. The van der Waals surface area contributed by atoms with Crippen molar-refractivity contribution in [1.82, 2.24) is 0 Å². The van der Waals surface area contributed by atoms with Gasteiger partial charge in [-0.05, 0) is 26.0 Å². The van der Waals surface area contributed by atoms with Crippen molar-refractivity contribution in [2.45, 2.75) is 19.3 Å². The van der Waals surface area contributed by atoms with Crippen molar-refractivity contribution >= 4 is 11.7 Å². The first kappa shape index (κ1) is 11.9. The van der Waals surface area contributed by atoms with Crippen molar-refractivity contribution in [2.24, 2.45) is 0 Å². The van der Waals surface area contributed by atoms with Crippen LogP contribution in [0.4, 0.5) is 5.69 Å². The third kappa shape index (κ3) is 1.91. The first-order valence-electron chi connectivity index (χ1n) is 4.57. The molecular formula is C11H12N2O3. The highest BCUT2D eigenvalue weighted by Crippen LogP contribution is 2.33. The second-order valence-electron chi connectivity index (χ2n) is 4.00. The standard InChI is InChI=1S/C11H12N2O3/c1-11(2,5-12)7-4-8(13)6(10(15)16)3-9(7)14/h3-4,14H,13H2,1-2H3,(H,15,16). The Morgan fingerprint density at radius 3 is 2.50 bits per heavy atom. The smallest absolute Gasteiger partial charge is 0.337 e. The van der Waals surface area contributed by atoms with Crippen LogP contribution in [0.2, 0.25) is 0 Å². The van der Waals surface area contributed by atoms with Crippen LogP contribution in [0, 0.1) is 11.3 Å². The zero-order valence-electron chi connectivity index (χ0n) is 8.98. The molecule has 84 valence electrons. The number of phenolic OH excluding ortho intramolecular Hbond substituents is 1. The van der Waals surface area contributed by atoms with Gasteiger partial charge < -0.3 is 15.9 Å². The first-order chi connectivity index (χ1) is 7.29. The second kappa shape index (κ2) is 3.74. The van der Waals surface area contributed by atoms with Crippen molar-refractivity contribution in [3.05, 3.63) is 23.3 Å². The number of carboxylic acids is 1. The molecule has 0 amide bonds. The summed E-state index contributed by atoms with van der Waals surface area (Å²) >= 11 is 0. The molecule has 0 unspecified atom stereocenters. The number of benzene rings is 1. The van der Waals surface area contributed by atoms with Crippen molar-refractivity contribution < 1.29 is 15.0 Å². The summed E-state index contributed by atoms with van der Waals surface area (Å²) in [5.41, 5.74) is 4.80. The Bertz CT molecular complexity index is 487. The minimum atomic E-state index is -1.21. The number of rotatable bonds is 2. The number of phenols is 1. The van der Waals surface area contributed by atoms with Crippen LogP contribution >= 0.6 is 0 Å². The van der Waals surface area contributed by atoms with Gasteiger partial charge in [-0.1, -0.05) is 0 Å². The minimum Gasteiger partial charge on any atom is -0.508 e. The highest BCUT2D eigenvalue weighted by molar-refractivity contribution is 5.94. The van der Waals surface area contributed by atoms with Gasteiger partial charge in [0, 0.05) is 11.3 Å². The molecular weight excluding hydrogens is 208 g/mol. The number of nitrogen functional groups attached to an aromatic ring is 1. The molecule has 4 N–H and O–H groups in total. The predicted molar refractivity (Wildman–Crippen MR) is 58.1 cm³/mol. The van der Waals surface area contributed by atoms with E-state index in [9.17, 15) is 9.90 Å². The molecule has 0 bridgehead atoms. The molecule has 0 aliphatic heterocycles. The lowest BCUT2D eigenvalue weighted by Crippen LogP contribution is -2.15. The summed E-state index contributed by atoms with van der Waals surface area (Å²) in [6, 6.07) is 4.39. The van der Waals surface area contributed by atoms with E-state index in [-0.39, 0.29) is 17.0 Å². The summed E-state index contributed by atoms with van der Waals surface area (Å²) < 4.78 is 0. The molecule has 0 fully saturated rings. The molecule has 0 aromatic heterocycles. The van der Waals surface area contributed by atoms with E-state index < -0.39 is 11.4 Å². The van der Waals surface area contributed by atoms with Gasteiger partial charge in [0.05, 0.1) is 17.0 Å². The molecule has 0 radical (unpaired) electrons. The quantitative estimate of drug-likeness (QED) is 0.516. The van der Waals surface area contributed by atoms with E-state index in [0.717, 1.165) is 6.07 Å². The number of aromatic hydroxyl groups is 1. The van der Waals surface area contributed by atoms with Gasteiger partial charge in [-0.25, -0.2) is 4.79 Å². The Hall–Kier alpha value is -2.22. The molecule has 0 aliphatic carbocycles. The fourth-order valence-corrected chi connectivity index (χ4v) is 1.35. The predicted octanol–water partition coefficient (Wildman–Crippen LogP) is 1.47. The van der Waals surface area contributed by atoms with Crippen LogP contribution in [0.3, 0.4) is 0 Å². The van der Waals surface area contributed by atoms with Gasteiger partial charge in [0.15, 0.2) is 0 Å². The highest BCUT2D eigenvalue weighted by Gasteiger charge is 2.25. The maximum Gasteiger partial charge on any atom is 0.337 e. The molecule has 1 aromatic carbocycles. The van der Waals surface area contributed by atoms with Gasteiger partial charge in [-0.3, -0.25) is 0 Å². The summed E-state index contributed by atoms with van der Waals surface area (Å²) in [6.45, 7) is 3.23. The molecule has 1 rings (SSSR count). The topological polar surface area (TPSA) is 107 Å². The van der Waals surface area contributed by atoms with Crippen LogP contribution in [0.1, 0.15) is 29.8 Å². The molecule has 5 heteroatoms. The molecule has 5 nitrogen and oxygen atoms in total. The number of nitrogens with zero attached hydrogens (tertiary/aromatic N) is 1. The number of hydrogen-bond acceptors (Lipinski definition) is 4. The van der Waals surface area contributed by atoms with Crippen LogP contribution in [0.5, 0.6) is 5.75 Å². The molecule has 16 heavy (non-hydrogen) atoms. The fourth-order valence-electron chi connectivity index (χ4n) is 1.35. The summed E-state index contributed by atoms with van der Waals surface area (Å²) in [4.78, 5) is 10.7. The largest absolute Gasteiger partial charge is 0.508 e. The Kier molecular flexibility index (Phi) is 2.77. The van der Waals surface area contributed by atoms with E-state index in [2.05, 4.69) is 0 Å². The number of anilines is 1. The van der Waals surface area contributed by atoms with Gasteiger partial charge in [0.25, 0.3) is 0 Å². The number of nitriles is 1. The molecule has 0 saturated carbocycles. The first-order valence-corrected chi connectivity index (χ1v) is 4.57. The second-order valence-corrected chi connectivity index (χ2v) is 4.00. The van der Waals surface area contributed by atoms with Crippen LogP contribution in [-0.2, 0) is 5.41 Å². The maximum absolute atomic E-state index is 10.7. The van der Waals surface area contributed by atoms with Gasteiger partial charge in [0.2, 0.25) is 0 Å². The Morgan fingerprint density at radius 1 is 1.50 bits per heavy atom. The monoisotopic (exact) mass is 220 g/mol. The van der Waals surface area contributed by atoms with E-state index >= 15 is 0 Å². The van der Waals surface area contributed by atoms with Gasteiger partial charge >= 0.3 is 5.97 Å². The number of carbonyl (C=O) groups is 1. The average molecular weight is 220 g/mol. The number of hydrogen-bond donors (Lipinski definition) is 3. The average Bonchev–Trinajstić information content (AvgIpc) is 2.20. The van der Waals surface area contributed by atoms with E-state index in [1.165, 1.54) is 6.07 Å². The van der Waals surface area contributed by atoms with Crippen LogP contribution in [-0.4, -0.2) is 16.2 Å². The Morgan fingerprint density at radius 2 is 2.06 bits per heavy atom. The summed E-state index contributed by atoms with van der Waals surface area (Å²) in [5.74, 6) is -1.45. The molecule has 0 heterocycles. The zero-order chi connectivity index (χ0) is 12.5. The van der Waals surface area contributed by atoms with E-state index in [1.807, 2.05) is 6.07 Å². The highest BCUT2D eigenvalue weighted by atomic mass is 16.4. The van der Waals surface area contributed by atoms with Crippen molar-refractivity contribution in [3.63, 3.8) is 0 Å². The fraction of sp³-hybridized carbons (Fsp3) is 0.273. The van der Waals surface area contributed by atoms with Crippen LogP contribution < -0.4 is 5.73 Å². The lowest BCUT2D eigenvalue weighted by Gasteiger charge is -2.18. The van der Waals surface area contributed by atoms with Crippen LogP contribution in [0.25, 0.3) is 0 Å². The van der Waals surface area contributed by atoms with E-state index in [4.69, 9.17) is 16.1 Å². The van der Waals surface area contributed by atoms with Gasteiger partial charge in [-0.15, -0.1) is 0 Å². The summed E-state index contributed by atoms with van der Waals surface area (Å²) in [7, 11) is 0. The van der Waals surface area contributed by atoms with E-state index in [0.29, 0.717) is 5.56 Å². The normalized spacial score (nSPS) is 10.8. The molecule has 0 spiro atoms. The summed E-state index contributed by atoms with van der Waals surface area (Å²) in [5, 5.41) is 27.4. The Balaban J connectivity index is 3.44. The third-order valence-electron chi connectivity index (χ3n) is 2.35. The van der Waals surface area contributed by atoms with Crippen molar-refractivity contribution in [2.75, 3.05) is 5.73 Å². The van der Waals surface area contributed by atoms with E-state index in [1.54, 1.807) is 13.8 Å². The van der Waals surface area contributed by atoms with Gasteiger partial charge in [0.1, 0.15) is 5.75 Å². The molecule has 0 aliphatic rings. The summed E-state index contributed by atoms with van der Waals surface area (Å²) in [6.07, 6.45) is 0. The SMILES string of the molecule is CC(C)(C#N)c1cc(N)c(C(=O)O)cc1O. The minimum absolute atomic E-state index is 0.0311. The number of aromatic carboxylic acids is 1. The van der Waals surface area contributed by atoms with Crippen LogP contribution in [0.15, 0.2) is 12.1 Å². The van der Waals surface area contributed by atoms with Crippen molar-refractivity contribution in [3.8, 4) is 11.8 Å². The number of carboxylic acid groups (broad SMARTS) is 1. The molecule has 1 aromatic rings. The molecule has 0 saturated heterocycles. The molecule has 0 atom stereocenters. The Labute approximate surface area is 92.7 Å². The van der Waals surface area contributed by atoms with Gasteiger partial charge in [-0.2, -0.15) is 5.26 Å². The number of nitrogens with two attached hydrogens (primary N) is 1.